The Kier molecular flexibility index (Phi) is 6.37. The first-order valence-corrected chi connectivity index (χ1v) is 7.55. The second-order valence-corrected chi connectivity index (χ2v) is 6.40. The minimum atomic E-state index is -4.61. The molecule has 0 spiro atoms. The molecule has 0 amide bonds. The fourth-order valence-electron chi connectivity index (χ4n) is 2.56. The van der Waals surface area contributed by atoms with E-state index in [-0.39, 0.29) is 11.7 Å². The Morgan fingerprint density at radius 3 is 2.43 bits per heavy atom. The van der Waals surface area contributed by atoms with Gasteiger partial charge in [-0.25, -0.2) is 0 Å². The zero-order valence-electron chi connectivity index (χ0n) is 14.0. The topological polar surface area (TPSA) is 17.1 Å². The quantitative estimate of drug-likeness (QED) is 0.359. The first kappa shape index (κ1) is 19.2. The van der Waals surface area contributed by atoms with Crippen molar-refractivity contribution in [2.45, 2.75) is 46.7 Å². The third-order valence-corrected chi connectivity index (χ3v) is 3.98. The van der Waals surface area contributed by atoms with E-state index in [1.807, 2.05) is 19.1 Å². The van der Waals surface area contributed by atoms with Gasteiger partial charge in [-0.15, -0.1) is 0 Å². The Morgan fingerprint density at radius 2 is 1.91 bits per heavy atom. The molecule has 1 rings (SSSR count). The van der Waals surface area contributed by atoms with Crippen LogP contribution in [0, 0.1) is 5.41 Å². The summed E-state index contributed by atoms with van der Waals surface area (Å²) in [6.45, 7) is 8.27. The lowest BCUT2D eigenvalue weighted by molar-refractivity contribution is -0.119. The molecule has 0 atom stereocenters. The third-order valence-electron chi connectivity index (χ3n) is 3.98. The molecule has 0 N–H and O–H groups in total. The molecule has 0 unspecified atom stereocenters. The van der Waals surface area contributed by atoms with E-state index >= 15 is 0 Å². The molecule has 1 nitrogen and oxygen atoms in total. The number of aldehydes is 1. The van der Waals surface area contributed by atoms with Gasteiger partial charge >= 0.3 is 6.18 Å². The SMILES string of the molecule is CC1=CCCC(C)(C)\C1=C/C=C(C)\C=C\C=C(\C=O)C(F)(F)F. The smallest absolute Gasteiger partial charge is 0.298 e. The highest BCUT2D eigenvalue weighted by atomic mass is 19.4. The van der Waals surface area contributed by atoms with Crippen LogP contribution in [0.4, 0.5) is 13.2 Å². The second kappa shape index (κ2) is 7.62. The van der Waals surface area contributed by atoms with Crippen molar-refractivity contribution in [3.63, 3.8) is 0 Å². The Morgan fingerprint density at radius 1 is 1.26 bits per heavy atom. The highest BCUT2D eigenvalue weighted by Crippen LogP contribution is 2.40. The van der Waals surface area contributed by atoms with Crippen LogP contribution in [0.5, 0.6) is 0 Å². The van der Waals surface area contributed by atoms with Gasteiger partial charge in [0.2, 0.25) is 0 Å². The number of allylic oxidation sites excluding steroid dienone is 10. The molecule has 0 aromatic rings. The van der Waals surface area contributed by atoms with Crippen LogP contribution >= 0.6 is 0 Å². The van der Waals surface area contributed by atoms with Crippen molar-refractivity contribution < 1.29 is 18.0 Å². The van der Waals surface area contributed by atoms with E-state index in [0.717, 1.165) is 24.5 Å². The van der Waals surface area contributed by atoms with Gasteiger partial charge < -0.3 is 0 Å². The van der Waals surface area contributed by atoms with Crippen molar-refractivity contribution in [1.82, 2.24) is 0 Å². The largest absolute Gasteiger partial charge is 0.419 e. The maximum atomic E-state index is 12.4. The summed E-state index contributed by atoms with van der Waals surface area (Å²) in [5.41, 5.74) is 2.22. The first-order chi connectivity index (χ1) is 10.6. The van der Waals surface area contributed by atoms with Crippen molar-refractivity contribution >= 4 is 6.29 Å². The first-order valence-electron chi connectivity index (χ1n) is 7.55. The molecule has 0 aromatic carbocycles. The maximum absolute atomic E-state index is 12.4. The van der Waals surface area contributed by atoms with Crippen LogP contribution in [0.15, 0.2) is 58.7 Å². The molecule has 0 heterocycles. The summed E-state index contributed by atoms with van der Waals surface area (Å²) in [6.07, 6.45) is 7.06. The molecular formula is C19H23F3O. The fourth-order valence-corrected chi connectivity index (χ4v) is 2.56. The van der Waals surface area contributed by atoms with E-state index in [4.69, 9.17) is 0 Å². The van der Waals surface area contributed by atoms with Gasteiger partial charge in [-0.3, -0.25) is 4.79 Å². The number of hydrogen-bond donors (Lipinski definition) is 0. The van der Waals surface area contributed by atoms with E-state index in [2.05, 4.69) is 26.8 Å². The van der Waals surface area contributed by atoms with Gasteiger partial charge in [-0.05, 0) is 43.8 Å². The summed E-state index contributed by atoms with van der Waals surface area (Å²) in [7, 11) is 0. The van der Waals surface area contributed by atoms with Crippen molar-refractivity contribution in [2.24, 2.45) is 5.41 Å². The second-order valence-electron chi connectivity index (χ2n) is 6.40. The summed E-state index contributed by atoms with van der Waals surface area (Å²) in [5, 5.41) is 0. The third kappa shape index (κ3) is 5.70. The van der Waals surface area contributed by atoms with Crippen molar-refractivity contribution in [3.05, 3.63) is 58.7 Å². The standard InChI is InChI=1S/C19H23F3O/c1-14(7-5-9-16(13-23)19(20,21)22)10-11-17-15(2)8-6-12-18(17,3)4/h5,7-11,13H,6,12H2,1-4H3/b7-5+,14-10-,16-9-,17-11-. The molecule has 0 aromatic heterocycles. The van der Waals surface area contributed by atoms with Crippen LogP contribution in [0.25, 0.3) is 0 Å². The lowest BCUT2D eigenvalue weighted by atomic mass is 9.73. The Hall–Kier alpha value is -1.84. The number of carbonyl (C=O) groups is 1. The maximum Gasteiger partial charge on any atom is 0.419 e. The predicted octanol–water partition coefficient (Wildman–Crippen LogP) is 5.87. The van der Waals surface area contributed by atoms with Crippen LogP contribution in [-0.4, -0.2) is 12.5 Å². The van der Waals surface area contributed by atoms with Gasteiger partial charge in [0.25, 0.3) is 0 Å². The number of carbonyl (C=O) groups excluding carboxylic acids is 1. The van der Waals surface area contributed by atoms with Gasteiger partial charge in [0.15, 0.2) is 6.29 Å². The van der Waals surface area contributed by atoms with Crippen molar-refractivity contribution in [1.29, 1.82) is 0 Å². The molecule has 0 fully saturated rings. The summed E-state index contributed by atoms with van der Waals surface area (Å²) in [6, 6.07) is 0. The van der Waals surface area contributed by atoms with Crippen LogP contribution in [0.2, 0.25) is 0 Å². The van der Waals surface area contributed by atoms with Crippen LogP contribution in [-0.2, 0) is 4.79 Å². The summed E-state index contributed by atoms with van der Waals surface area (Å²) < 4.78 is 37.2. The summed E-state index contributed by atoms with van der Waals surface area (Å²) in [5.74, 6) is 0. The number of halogens is 3. The number of hydrogen-bond acceptors (Lipinski definition) is 1. The van der Waals surface area contributed by atoms with Gasteiger partial charge in [0.1, 0.15) is 0 Å². The monoisotopic (exact) mass is 324 g/mol. The molecule has 126 valence electrons. The predicted molar refractivity (Wildman–Crippen MR) is 88.0 cm³/mol. The molecule has 4 heteroatoms. The minimum absolute atomic E-state index is 0.0974. The zero-order valence-corrected chi connectivity index (χ0v) is 14.0. The van der Waals surface area contributed by atoms with Crippen LogP contribution in [0.1, 0.15) is 40.5 Å². The molecule has 0 radical (unpaired) electrons. The Balaban J connectivity index is 2.93. The number of rotatable bonds is 4. The van der Waals surface area contributed by atoms with Gasteiger partial charge in [-0.2, -0.15) is 13.2 Å². The molecule has 0 aliphatic heterocycles. The van der Waals surface area contributed by atoms with E-state index in [1.54, 1.807) is 6.08 Å². The van der Waals surface area contributed by atoms with Crippen molar-refractivity contribution in [3.8, 4) is 0 Å². The Bertz CT molecular complexity index is 597. The summed E-state index contributed by atoms with van der Waals surface area (Å²) >= 11 is 0. The lowest BCUT2D eigenvalue weighted by Gasteiger charge is -2.32. The normalized spacial score (nSPS) is 21.7. The van der Waals surface area contributed by atoms with Crippen LogP contribution in [0.3, 0.4) is 0 Å². The zero-order chi connectivity index (χ0) is 17.7. The van der Waals surface area contributed by atoms with E-state index in [0.29, 0.717) is 0 Å². The Labute approximate surface area is 136 Å². The van der Waals surface area contributed by atoms with Crippen molar-refractivity contribution in [2.75, 3.05) is 0 Å². The number of alkyl halides is 3. The molecule has 1 aliphatic carbocycles. The highest BCUT2D eigenvalue weighted by Gasteiger charge is 2.32. The van der Waals surface area contributed by atoms with Gasteiger partial charge in [0.05, 0.1) is 5.57 Å². The molecule has 0 saturated heterocycles. The van der Waals surface area contributed by atoms with Gasteiger partial charge in [0, 0.05) is 0 Å². The minimum Gasteiger partial charge on any atom is -0.298 e. The molecule has 0 bridgehead atoms. The molecular weight excluding hydrogens is 301 g/mol. The molecule has 0 saturated carbocycles. The van der Waals surface area contributed by atoms with E-state index in [9.17, 15) is 18.0 Å². The van der Waals surface area contributed by atoms with Crippen LogP contribution < -0.4 is 0 Å². The van der Waals surface area contributed by atoms with E-state index in [1.165, 1.54) is 17.2 Å². The van der Waals surface area contributed by atoms with Gasteiger partial charge in [-0.1, -0.05) is 55.4 Å². The molecule has 23 heavy (non-hydrogen) atoms. The lowest BCUT2D eigenvalue weighted by Crippen LogP contribution is -2.18. The highest BCUT2D eigenvalue weighted by molar-refractivity contribution is 5.75. The summed E-state index contributed by atoms with van der Waals surface area (Å²) in [4.78, 5) is 10.4. The average molecular weight is 324 g/mol. The van der Waals surface area contributed by atoms with E-state index < -0.39 is 11.7 Å². The fraction of sp³-hybridized carbons (Fsp3) is 0.421. The molecule has 1 aliphatic rings. The average Bonchev–Trinajstić information content (AvgIpc) is 2.40.